The lowest BCUT2D eigenvalue weighted by Gasteiger charge is -2.58. The molecule has 2 bridgehead atoms. The van der Waals surface area contributed by atoms with Crippen molar-refractivity contribution in [2.75, 3.05) is 13.1 Å². The van der Waals surface area contributed by atoms with E-state index in [1.54, 1.807) is 0 Å². The van der Waals surface area contributed by atoms with Crippen molar-refractivity contribution < 1.29 is 65.7 Å². The smallest absolute Gasteiger partial charge is 0.416 e. The van der Waals surface area contributed by atoms with Crippen LogP contribution in [-0.4, -0.2) is 28.6 Å². The maximum atomic E-state index is 14.8. The number of pyridine rings is 1. The van der Waals surface area contributed by atoms with Crippen LogP contribution in [0.4, 0.5) is 39.5 Å². The molecule has 0 saturated carbocycles. The summed E-state index contributed by atoms with van der Waals surface area (Å²) in [6.45, 7) is 17.2. The van der Waals surface area contributed by atoms with E-state index in [0.29, 0.717) is 60.2 Å². The van der Waals surface area contributed by atoms with Gasteiger partial charge in [0, 0.05) is 35.3 Å². The summed E-state index contributed by atoms with van der Waals surface area (Å²) in [4.78, 5) is 5.12. The fraction of sp³-hybridized carbons (Fsp3) is 0.408. The molecule has 3 aliphatic heterocycles. The molecule has 62 heavy (non-hydrogen) atoms. The van der Waals surface area contributed by atoms with E-state index >= 15 is 0 Å². The molecule has 8 rings (SSSR count). The minimum atomic E-state index is -5.07. The number of benzene rings is 4. The van der Waals surface area contributed by atoms with Crippen LogP contribution in [0, 0.1) is 29.3 Å². The van der Waals surface area contributed by atoms with Crippen molar-refractivity contribution in [2.24, 2.45) is 11.8 Å². The molecular formula is C49H50BrF9N2O. The summed E-state index contributed by atoms with van der Waals surface area (Å²) in [7, 11) is 0. The molecule has 5 aromatic rings. The summed E-state index contributed by atoms with van der Waals surface area (Å²) in [5.41, 5.74) is 1.22. The van der Waals surface area contributed by atoms with Gasteiger partial charge in [0.05, 0.1) is 42.0 Å². The molecule has 3 saturated heterocycles. The second-order valence-corrected chi connectivity index (χ2v) is 19.0. The molecule has 3 fully saturated rings. The summed E-state index contributed by atoms with van der Waals surface area (Å²) >= 11 is 0. The van der Waals surface area contributed by atoms with E-state index in [1.807, 2.05) is 36.4 Å². The predicted octanol–water partition coefficient (Wildman–Crippen LogP) is 10.8. The predicted molar refractivity (Wildman–Crippen MR) is 219 cm³/mol. The van der Waals surface area contributed by atoms with E-state index in [9.17, 15) is 39.5 Å². The van der Waals surface area contributed by atoms with Gasteiger partial charge in [-0.3, -0.25) is 0 Å². The zero-order valence-corrected chi connectivity index (χ0v) is 37.0. The fourth-order valence-electron chi connectivity index (χ4n) is 9.35. The van der Waals surface area contributed by atoms with Gasteiger partial charge in [0.1, 0.15) is 18.7 Å². The first-order chi connectivity index (χ1) is 28.4. The number of alkyl halides is 6. The first-order valence-electron chi connectivity index (χ1n) is 20.4. The van der Waals surface area contributed by atoms with Gasteiger partial charge in [-0.1, -0.05) is 71.9 Å². The number of para-hydroxylation sites is 1. The van der Waals surface area contributed by atoms with Crippen LogP contribution >= 0.6 is 0 Å². The zero-order valence-electron chi connectivity index (χ0n) is 35.4. The number of ether oxygens (including phenoxy) is 1. The molecule has 3 nitrogen and oxygen atoms in total. The lowest BCUT2D eigenvalue weighted by molar-refractivity contribution is -0.985. The molecule has 0 N–H and O–H groups in total. The Hall–Kier alpha value is -4.20. The number of hydrogen-bond acceptors (Lipinski definition) is 2. The Kier molecular flexibility index (Phi) is 13.0. The molecule has 1 aromatic heterocycles. The number of nitrogens with zero attached hydrogens (tertiary/aromatic N) is 2. The maximum Gasteiger partial charge on any atom is 0.416 e. The van der Waals surface area contributed by atoms with Crippen LogP contribution in [0.25, 0.3) is 22.2 Å². The van der Waals surface area contributed by atoms with E-state index in [1.165, 1.54) is 0 Å². The average molecular weight is 934 g/mol. The van der Waals surface area contributed by atoms with Crippen molar-refractivity contribution in [2.45, 2.75) is 103 Å². The van der Waals surface area contributed by atoms with Crippen LogP contribution in [0.1, 0.15) is 99.4 Å². The Morgan fingerprint density at radius 3 is 1.87 bits per heavy atom. The van der Waals surface area contributed by atoms with E-state index in [0.717, 1.165) is 28.8 Å². The summed E-state index contributed by atoms with van der Waals surface area (Å²) in [6, 6.07) is 18.4. The number of hydrogen-bond donors (Lipinski definition) is 0. The molecule has 13 heteroatoms. The maximum absolute atomic E-state index is 14.8. The van der Waals surface area contributed by atoms with Crippen LogP contribution in [0.5, 0.6) is 0 Å². The monoisotopic (exact) mass is 932 g/mol. The van der Waals surface area contributed by atoms with Crippen LogP contribution in [0.15, 0.2) is 91.5 Å². The number of rotatable bonds is 9. The van der Waals surface area contributed by atoms with Crippen molar-refractivity contribution in [1.82, 2.24) is 4.98 Å². The van der Waals surface area contributed by atoms with Gasteiger partial charge in [-0.2, -0.15) is 26.3 Å². The number of piperidine rings is 3. The lowest BCUT2D eigenvalue weighted by Crippen LogP contribution is -3.00. The molecule has 0 radical (unpaired) electrons. The number of quaternary nitrogens is 1. The quantitative estimate of drug-likeness (QED) is 0.0636. The fourth-order valence-corrected chi connectivity index (χ4v) is 9.35. The highest BCUT2D eigenvalue weighted by Crippen LogP contribution is 2.50. The SMILES string of the molecule is C=C[C@H]1C[N+]2(Cc3cc(F)c(F)c(F)c3)CC[C@H]1C[C@@H]2[C@@H](OCc1cc(C(F)(F)F)cc(C(F)(F)F)c1)c1cc(-c2cc(C(C)(C)C)cc(C(C)(C)C)c2)nc2ccccc12.[Br-]. The van der Waals surface area contributed by atoms with Gasteiger partial charge in [-0.25, -0.2) is 18.2 Å². The topological polar surface area (TPSA) is 22.1 Å². The zero-order chi connectivity index (χ0) is 44.4. The van der Waals surface area contributed by atoms with E-state index in [4.69, 9.17) is 9.72 Å². The Bertz CT molecular complexity index is 2380. The third kappa shape index (κ3) is 9.65. The van der Waals surface area contributed by atoms with Crippen LogP contribution in [-0.2, 0) is 41.1 Å². The van der Waals surface area contributed by atoms with Gasteiger partial charge in [0.15, 0.2) is 17.5 Å². The minimum Gasteiger partial charge on any atom is -1.00 e. The van der Waals surface area contributed by atoms with Gasteiger partial charge < -0.3 is 26.2 Å². The van der Waals surface area contributed by atoms with Crippen molar-refractivity contribution in [3.63, 3.8) is 0 Å². The van der Waals surface area contributed by atoms with Crippen LogP contribution < -0.4 is 17.0 Å². The molecule has 332 valence electrons. The molecule has 0 amide bonds. The molecule has 5 atom stereocenters. The first kappa shape index (κ1) is 47.3. The largest absolute Gasteiger partial charge is 1.00 e. The summed E-state index contributed by atoms with van der Waals surface area (Å²) < 4.78 is 135. The highest BCUT2D eigenvalue weighted by molar-refractivity contribution is 5.86. The van der Waals surface area contributed by atoms with Gasteiger partial charge in [-0.15, -0.1) is 6.58 Å². The third-order valence-corrected chi connectivity index (χ3v) is 12.7. The molecule has 4 heterocycles. The van der Waals surface area contributed by atoms with Crippen molar-refractivity contribution in [3.8, 4) is 11.3 Å². The second-order valence-electron chi connectivity index (χ2n) is 19.0. The van der Waals surface area contributed by atoms with Crippen LogP contribution in [0.3, 0.4) is 0 Å². The Morgan fingerprint density at radius 2 is 1.32 bits per heavy atom. The average Bonchev–Trinajstić information content (AvgIpc) is 3.18. The minimum absolute atomic E-state index is 0. The van der Waals surface area contributed by atoms with Gasteiger partial charge >= 0.3 is 12.4 Å². The second kappa shape index (κ2) is 17.1. The van der Waals surface area contributed by atoms with Crippen molar-refractivity contribution in [1.29, 1.82) is 0 Å². The Labute approximate surface area is 367 Å². The van der Waals surface area contributed by atoms with Gasteiger partial charge in [0.25, 0.3) is 0 Å². The Balaban J connectivity index is 0.00000641. The molecule has 4 aromatic carbocycles. The highest BCUT2D eigenvalue weighted by atomic mass is 79.9. The van der Waals surface area contributed by atoms with E-state index in [2.05, 4.69) is 66.3 Å². The van der Waals surface area contributed by atoms with E-state index < -0.39 is 59.7 Å². The van der Waals surface area contributed by atoms with Crippen molar-refractivity contribution >= 4 is 10.9 Å². The van der Waals surface area contributed by atoms with Crippen LogP contribution in [0.2, 0.25) is 0 Å². The molecule has 1 unspecified atom stereocenters. The molecular weight excluding hydrogens is 883 g/mol. The number of halogens is 10. The highest BCUT2D eigenvalue weighted by Gasteiger charge is 2.55. The standard InChI is InChI=1S/C49H50F9N2O.BrH/c1-8-30-26-60(25-28-17-39(50)44(52)40(51)18-28)14-13-31(30)21-43(60)45(61-27-29-15-35(48(53,54)55)23-36(16-29)49(56,57)58)38-24-42(59-41-12-10-9-11-37(38)41)32-19-33(46(2,3)4)22-34(20-32)47(5,6)7;/h8-12,15-20,22-24,30-31,43,45H,1,13-14,21,25-27H2,2-7H3;1H/q+1;/p-1/t30-,31-,43+,45-,60?;/m0./s1. The first-order valence-corrected chi connectivity index (χ1v) is 20.4. The third-order valence-electron chi connectivity index (χ3n) is 12.7. The number of aromatic nitrogens is 1. The van der Waals surface area contributed by atoms with Gasteiger partial charge in [-0.05, 0) is 93.6 Å². The summed E-state index contributed by atoms with van der Waals surface area (Å²) in [5, 5.41) is 0.666. The molecule has 0 aliphatic carbocycles. The molecule has 0 spiro atoms. The van der Waals surface area contributed by atoms with E-state index in [-0.39, 0.29) is 67.9 Å². The van der Waals surface area contributed by atoms with Gasteiger partial charge in [0.2, 0.25) is 0 Å². The Morgan fingerprint density at radius 1 is 0.758 bits per heavy atom. The van der Waals surface area contributed by atoms with Crippen molar-refractivity contribution in [3.05, 3.63) is 148 Å². The summed E-state index contributed by atoms with van der Waals surface area (Å²) in [6.07, 6.45) is -8.06. The number of fused-ring (bicyclic) bond motifs is 4. The molecule has 3 aliphatic rings. The summed E-state index contributed by atoms with van der Waals surface area (Å²) in [5.74, 6) is -4.20. The lowest BCUT2D eigenvalue weighted by atomic mass is 9.71. The normalized spacial score (nSPS) is 21.2.